The normalized spacial score (nSPS) is 21.2. The van der Waals surface area contributed by atoms with Crippen molar-refractivity contribution in [1.29, 1.82) is 0 Å². The molecule has 1 aliphatic carbocycles. The molecule has 76 valence electrons. The Balaban J connectivity index is 0.00000144. The molecule has 2 heteroatoms. The highest BCUT2D eigenvalue weighted by atomic mass is 32.1. The van der Waals surface area contributed by atoms with Gasteiger partial charge in [-0.1, -0.05) is 37.6 Å². The predicted molar refractivity (Wildman–Crippen MR) is 64.6 cm³/mol. The average molecular weight is 199 g/mol. The monoisotopic (exact) mass is 199 g/mol. The molecule has 0 saturated carbocycles. The Bertz CT molecular complexity index is 196. The molecule has 0 saturated heterocycles. The summed E-state index contributed by atoms with van der Waals surface area (Å²) in [6.45, 7) is 6.73. The quantitative estimate of drug-likeness (QED) is 0.675. The summed E-state index contributed by atoms with van der Waals surface area (Å²) >= 11 is 0. The van der Waals surface area contributed by atoms with E-state index in [9.17, 15) is 0 Å². The van der Waals surface area contributed by atoms with Crippen LogP contribution in [-0.4, -0.2) is 25.0 Å². The van der Waals surface area contributed by atoms with Gasteiger partial charge in [-0.2, -0.15) is 13.5 Å². The van der Waals surface area contributed by atoms with E-state index in [0.717, 1.165) is 19.0 Å². The first kappa shape index (κ1) is 12.8. The molecule has 0 bridgehead atoms. The molecule has 0 N–H and O–H groups in total. The van der Waals surface area contributed by atoms with Crippen molar-refractivity contribution in [2.75, 3.05) is 20.1 Å². The highest BCUT2D eigenvalue weighted by molar-refractivity contribution is 7.59. The van der Waals surface area contributed by atoms with Crippen LogP contribution in [0, 0.1) is 5.92 Å². The van der Waals surface area contributed by atoms with Gasteiger partial charge in [-0.15, -0.1) is 0 Å². The van der Waals surface area contributed by atoms with Crippen molar-refractivity contribution in [2.45, 2.75) is 20.3 Å². The van der Waals surface area contributed by atoms with Crippen LogP contribution >= 0.6 is 13.5 Å². The van der Waals surface area contributed by atoms with E-state index in [1.54, 1.807) is 5.57 Å². The molecule has 1 rings (SSSR count). The number of nitrogens with zero attached hydrogens (tertiary/aromatic N) is 1. The smallest absolute Gasteiger partial charge is 0.0193 e. The summed E-state index contributed by atoms with van der Waals surface area (Å²) in [6.07, 6.45) is 7.95. The molecule has 13 heavy (non-hydrogen) atoms. The predicted octanol–water partition coefficient (Wildman–Crippen LogP) is 2.57. The third-order valence-electron chi connectivity index (χ3n) is 2.37. The first-order valence-electron chi connectivity index (χ1n) is 4.77. The maximum absolute atomic E-state index is 2.34. The van der Waals surface area contributed by atoms with Crippen LogP contribution in [0.25, 0.3) is 0 Å². The first-order chi connectivity index (χ1) is 5.72. The summed E-state index contributed by atoms with van der Waals surface area (Å²) in [5.74, 6) is 0.732. The maximum Gasteiger partial charge on any atom is 0.0193 e. The lowest BCUT2D eigenvalue weighted by atomic mass is 9.96. The average Bonchev–Trinajstić information content (AvgIpc) is 2.04. The van der Waals surface area contributed by atoms with Gasteiger partial charge in [-0.05, 0) is 25.9 Å². The Morgan fingerprint density at radius 3 is 2.77 bits per heavy atom. The highest BCUT2D eigenvalue weighted by Crippen LogP contribution is 2.18. The Labute approximate surface area is 89.0 Å². The van der Waals surface area contributed by atoms with Crippen molar-refractivity contribution >= 4 is 13.5 Å². The van der Waals surface area contributed by atoms with Crippen LogP contribution < -0.4 is 0 Å². The van der Waals surface area contributed by atoms with Gasteiger partial charge in [0.15, 0.2) is 0 Å². The minimum atomic E-state index is 0. The van der Waals surface area contributed by atoms with Gasteiger partial charge in [0, 0.05) is 6.54 Å². The first-order valence-corrected chi connectivity index (χ1v) is 4.77. The van der Waals surface area contributed by atoms with Crippen LogP contribution in [0.2, 0.25) is 0 Å². The van der Waals surface area contributed by atoms with E-state index >= 15 is 0 Å². The Morgan fingerprint density at radius 2 is 2.23 bits per heavy atom. The highest BCUT2D eigenvalue weighted by Gasteiger charge is 2.07. The summed E-state index contributed by atoms with van der Waals surface area (Å²) in [5.41, 5.74) is 1.56. The minimum Gasteiger partial charge on any atom is -0.303 e. The van der Waals surface area contributed by atoms with Crippen molar-refractivity contribution in [2.24, 2.45) is 5.92 Å². The van der Waals surface area contributed by atoms with E-state index in [-0.39, 0.29) is 13.5 Å². The zero-order valence-electron chi connectivity index (χ0n) is 8.88. The molecule has 0 radical (unpaired) electrons. The van der Waals surface area contributed by atoms with E-state index in [0.29, 0.717) is 0 Å². The summed E-state index contributed by atoms with van der Waals surface area (Å²) in [5, 5.41) is 0. The maximum atomic E-state index is 2.34. The van der Waals surface area contributed by atoms with Crippen LogP contribution in [0.3, 0.4) is 0 Å². The minimum absolute atomic E-state index is 0. The standard InChI is InChI=1S/C11H19N.H2S/c1-4-12(3)9-11-7-5-6-10(2)8-11;/h5-7,10H,4,8-9H2,1-3H3;1H2. The second-order valence-corrected chi connectivity index (χ2v) is 3.72. The van der Waals surface area contributed by atoms with Crippen LogP contribution in [-0.2, 0) is 0 Å². The molecule has 1 nitrogen and oxygen atoms in total. The van der Waals surface area contributed by atoms with Gasteiger partial charge >= 0.3 is 0 Å². The topological polar surface area (TPSA) is 3.24 Å². The van der Waals surface area contributed by atoms with Crippen molar-refractivity contribution in [3.05, 3.63) is 23.8 Å². The molecule has 0 aromatic heterocycles. The van der Waals surface area contributed by atoms with Crippen molar-refractivity contribution in [3.63, 3.8) is 0 Å². The fourth-order valence-electron chi connectivity index (χ4n) is 1.51. The van der Waals surface area contributed by atoms with Crippen molar-refractivity contribution in [1.82, 2.24) is 4.90 Å². The lowest BCUT2D eigenvalue weighted by Gasteiger charge is -2.20. The number of hydrogen-bond acceptors (Lipinski definition) is 1. The number of hydrogen-bond donors (Lipinski definition) is 0. The molecule has 1 unspecified atom stereocenters. The van der Waals surface area contributed by atoms with E-state index in [1.165, 1.54) is 6.42 Å². The number of rotatable bonds is 3. The molecule has 0 fully saturated rings. The Morgan fingerprint density at radius 1 is 1.54 bits per heavy atom. The van der Waals surface area contributed by atoms with Gasteiger partial charge < -0.3 is 4.90 Å². The van der Waals surface area contributed by atoms with E-state index in [2.05, 4.69) is 44.0 Å². The lowest BCUT2D eigenvalue weighted by Crippen LogP contribution is -2.21. The van der Waals surface area contributed by atoms with E-state index < -0.39 is 0 Å². The molecule has 0 heterocycles. The van der Waals surface area contributed by atoms with Crippen LogP contribution in [0.15, 0.2) is 23.8 Å². The van der Waals surface area contributed by atoms with Gasteiger partial charge in [0.25, 0.3) is 0 Å². The summed E-state index contributed by atoms with van der Waals surface area (Å²) in [7, 11) is 2.17. The second kappa shape index (κ2) is 6.28. The van der Waals surface area contributed by atoms with Gasteiger partial charge in [-0.25, -0.2) is 0 Å². The van der Waals surface area contributed by atoms with Crippen molar-refractivity contribution < 1.29 is 0 Å². The molecular weight excluding hydrogens is 178 g/mol. The SMILES string of the molecule is CCN(C)CC1=CC=CC(C)C1.S. The van der Waals surface area contributed by atoms with Gasteiger partial charge in [-0.3, -0.25) is 0 Å². The summed E-state index contributed by atoms with van der Waals surface area (Å²) in [4.78, 5) is 2.34. The largest absolute Gasteiger partial charge is 0.303 e. The zero-order valence-corrected chi connectivity index (χ0v) is 9.88. The van der Waals surface area contributed by atoms with Gasteiger partial charge in [0.05, 0.1) is 0 Å². The molecule has 0 aliphatic heterocycles. The van der Waals surface area contributed by atoms with E-state index in [4.69, 9.17) is 0 Å². The van der Waals surface area contributed by atoms with Crippen LogP contribution in [0.5, 0.6) is 0 Å². The summed E-state index contributed by atoms with van der Waals surface area (Å²) < 4.78 is 0. The Hall–Kier alpha value is -0.210. The molecule has 0 aromatic rings. The third-order valence-corrected chi connectivity index (χ3v) is 2.37. The number of likely N-dealkylation sites (N-methyl/N-ethyl adjacent to an activating group) is 1. The van der Waals surface area contributed by atoms with Gasteiger partial charge in [0.1, 0.15) is 0 Å². The van der Waals surface area contributed by atoms with E-state index in [1.807, 2.05) is 0 Å². The fraction of sp³-hybridized carbons (Fsp3) is 0.636. The summed E-state index contributed by atoms with van der Waals surface area (Å²) in [6, 6.07) is 0. The van der Waals surface area contributed by atoms with Crippen LogP contribution in [0.4, 0.5) is 0 Å². The molecular formula is C11H21NS. The molecule has 1 aliphatic rings. The molecule has 0 amide bonds. The third kappa shape index (κ3) is 4.53. The zero-order chi connectivity index (χ0) is 8.97. The molecule has 1 atom stereocenters. The molecule has 0 aromatic carbocycles. The van der Waals surface area contributed by atoms with Crippen LogP contribution in [0.1, 0.15) is 20.3 Å². The second-order valence-electron chi connectivity index (χ2n) is 3.72. The van der Waals surface area contributed by atoms with Crippen molar-refractivity contribution in [3.8, 4) is 0 Å². The number of allylic oxidation sites excluding steroid dienone is 3. The lowest BCUT2D eigenvalue weighted by molar-refractivity contribution is 0.375. The molecule has 0 spiro atoms. The fourth-order valence-corrected chi connectivity index (χ4v) is 1.51. The van der Waals surface area contributed by atoms with Gasteiger partial charge in [0.2, 0.25) is 0 Å². The Kier molecular flexibility index (Phi) is 6.17.